The summed E-state index contributed by atoms with van der Waals surface area (Å²) in [5, 5.41) is 4.07. The molecular weight excluding hydrogens is 539 g/mol. The van der Waals surface area contributed by atoms with Crippen molar-refractivity contribution >= 4 is 45.9 Å². The number of rotatable bonds is 7. The smallest absolute Gasteiger partial charge is 0.419 e. The third-order valence-electron chi connectivity index (χ3n) is 7.34. The molecule has 1 aromatic heterocycles. The fourth-order valence-corrected chi connectivity index (χ4v) is 5.75. The van der Waals surface area contributed by atoms with Crippen LogP contribution in [-0.2, 0) is 16.6 Å². The molecule has 0 unspecified atom stereocenters. The summed E-state index contributed by atoms with van der Waals surface area (Å²) in [6, 6.07) is 18.4. The molecule has 0 saturated carbocycles. The highest BCUT2D eigenvalue weighted by molar-refractivity contribution is 6.35. The number of fused-ring (bicyclic) bond motifs is 1. The van der Waals surface area contributed by atoms with E-state index in [1.54, 1.807) is 31.3 Å². The molecule has 3 atom stereocenters. The van der Waals surface area contributed by atoms with E-state index >= 15 is 0 Å². The lowest BCUT2D eigenvalue weighted by atomic mass is 9.76. The highest BCUT2D eigenvalue weighted by Gasteiger charge is 2.35. The van der Waals surface area contributed by atoms with Gasteiger partial charge in [-0.15, -0.1) is 0 Å². The first-order valence-electron chi connectivity index (χ1n) is 12.9. The van der Waals surface area contributed by atoms with Gasteiger partial charge in [-0.25, -0.2) is 4.79 Å². The SMILES string of the molecule is CC(C)[C@@H]1C[C@H](c2ccc(Cl)cc2Cl)CO[C@H]1c1ccc(OCC(=O)Nc2ccc3c(c2)oc(=O)n3C)cc1. The molecule has 204 valence electrons. The van der Waals surface area contributed by atoms with E-state index in [4.69, 9.17) is 37.1 Å². The molecule has 39 heavy (non-hydrogen) atoms. The fraction of sp³-hybridized carbons (Fsp3) is 0.333. The highest BCUT2D eigenvalue weighted by Crippen LogP contribution is 2.45. The molecule has 5 rings (SSSR count). The van der Waals surface area contributed by atoms with Crippen LogP contribution in [0, 0.1) is 11.8 Å². The van der Waals surface area contributed by atoms with Crippen molar-refractivity contribution in [2.75, 3.05) is 18.5 Å². The number of oxazole rings is 1. The van der Waals surface area contributed by atoms with Crippen LogP contribution in [0.4, 0.5) is 5.69 Å². The van der Waals surface area contributed by atoms with Crippen LogP contribution in [0.2, 0.25) is 10.0 Å². The van der Waals surface area contributed by atoms with E-state index in [2.05, 4.69) is 19.2 Å². The summed E-state index contributed by atoms with van der Waals surface area (Å²) < 4.78 is 18.7. The van der Waals surface area contributed by atoms with Gasteiger partial charge in [0.05, 0.1) is 18.2 Å². The Balaban J connectivity index is 1.19. The normalized spacial score (nSPS) is 19.4. The minimum Gasteiger partial charge on any atom is -0.484 e. The molecule has 1 fully saturated rings. The molecule has 0 spiro atoms. The number of aryl methyl sites for hydroxylation is 1. The molecule has 9 heteroatoms. The molecule has 1 aliphatic heterocycles. The summed E-state index contributed by atoms with van der Waals surface area (Å²) >= 11 is 12.6. The molecule has 0 aliphatic carbocycles. The Morgan fingerprint density at radius 1 is 1.10 bits per heavy atom. The predicted octanol–water partition coefficient (Wildman–Crippen LogP) is 6.97. The fourth-order valence-electron chi connectivity index (χ4n) is 5.19. The maximum absolute atomic E-state index is 12.4. The molecule has 1 aliphatic rings. The Morgan fingerprint density at radius 3 is 2.59 bits per heavy atom. The lowest BCUT2D eigenvalue weighted by molar-refractivity contribution is -0.118. The highest BCUT2D eigenvalue weighted by atomic mass is 35.5. The van der Waals surface area contributed by atoms with Gasteiger partial charge >= 0.3 is 5.76 Å². The van der Waals surface area contributed by atoms with E-state index in [1.165, 1.54) is 4.57 Å². The Labute approximate surface area is 236 Å². The molecular formula is C30H30Cl2N2O5. The van der Waals surface area contributed by atoms with Crippen molar-refractivity contribution in [2.45, 2.75) is 32.3 Å². The summed E-state index contributed by atoms with van der Waals surface area (Å²) in [7, 11) is 1.63. The summed E-state index contributed by atoms with van der Waals surface area (Å²) in [5.74, 6) is 0.730. The van der Waals surface area contributed by atoms with Gasteiger partial charge in [0.2, 0.25) is 0 Å². The summed E-state index contributed by atoms with van der Waals surface area (Å²) in [4.78, 5) is 24.1. The Kier molecular flexibility index (Phi) is 8.03. The van der Waals surface area contributed by atoms with Crippen molar-refractivity contribution in [1.29, 1.82) is 0 Å². The van der Waals surface area contributed by atoms with Crippen LogP contribution in [-0.4, -0.2) is 23.7 Å². The molecule has 0 radical (unpaired) electrons. The first-order valence-corrected chi connectivity index (χ1v) is 13.6. The van der Waals surface area contributed by atoms with E-state index in [0.29, 0.717) is 51.0 Å². The van der Waals surface area contributed by atoms with Gasteiger partial charge < -0.3 is 19.2 Å². The lowest BCUT2D eigenvalue weighted by Crippen LogP contribution is -2.31. The zero-order valence-corrected chi connectivity index (χ0v) is 23.5. The van der Waals surface area contributed by atoms with Gasteiger partial charge in [-0.3, -0.25) is 9.36 Å². The number of nitrogens with one attached hydrogen (secondary N) is 1. The van der Waals surface area contributed by atoms with Crippen molar-refractivity contribution in [3.63, 3.8) is 0 Å². The van der Waals surface area contributed by atoms with Crippen LogP contribution in [0.15, 0.2) is 69.9 Å². The van der Waals surface area contributed by atoms with Crippen molar-refractivity contribution in [1.82, 2.24) is 4.57 Å². The maximum atomic E-state index is 12.4. The van der Waals surface area contributed by atoms with Crippen molar-refractivity contribution < 1.29 is 18.7 Å². The second kappa shape index (κ2) is 11.5. The van der Waals surface area contributed by atoms with Crippen LogP contribution in [0.1, 0.15) is 43.4 Å². The molecule has 0 bridgehead atoms. The quantitative estimate of drug-likeness (QED) is 0.260. The molecule has 3 aromatic carbocycles. The van der Waals surface area contributed by atoms with Crippen molar-refractivity contribution in [2.24, 2.45) is 18.9 Å². The topological polar surface area (TPSA) is 82.7 Å². The lowest BCUT2D eigenvalue weighted by Gasteiger charge is -2.39. The van der Waals surface area contributed by atoms with E-state index in [1.807, 2.05) is 36.4 Å². The Hall–Kier alpha value is -3.26. The van der Waals surface area contributed by atoms with Crippen LogP contribution < -0.4 is 15.8 Å². The number of carbonyl (C=O) groups excluding carboxylic acids is 1. The molecule has 1 N–H and O–H groups in total. The number of anilines is 1. The Bertz CT molecular complexity index is 1540. The average Bonchev–Trinajstić information content (AvgIpc) is 3.20. The van der Waals surface area contributed by atoms with Crippen molar-refractivity contribution in [3.8, 4) is 5.75 Å². The summed E-state index contributed by atoms with van der Waals surface area (Å²) in [6.45, 7) is 4.85. The molecule has 1 amide bonds. The Morgan fingerprint density at radius 2 is 1.87 bits per heavy atom. The molecule has 1 saturated heterocycles. The van der Waals surface area contributed by atoms with Gasteiger partial charge in [-0.05, 0) is 65.8 Å². The number of amides is 1. The zero-order valence-electron chi connectivity index (χ0n) is 21.9. The maximum Gasteiger partial charge on any atom is 0.419 e. The van der Waals surface area contributed by atoms with E-state index < -0.39 is 5.76 Å². The number of nitrogens with zero attached hydrogens (tertiary/aromatic N) is 1. The zero-order chi connectivity index (χ0) is 27.7. The van der Waals surface area contributed by atoms with Crippen LogP contribution in [0.5, 0.6) is 5.75 Å². The minimum atomic E-state index is -0.454. The number of ether oxygens (including phenoxy) is 2. The number of carbonyl (C=O) groups is 1. The van der Waals surface area contributed by atoms with E-state index in [0.717, 1.165) is 17.5 Å². The number of aromatic nitrogens is 1. The predicted molar refractivity (Wildman–Crippen MR) is 153 cm³/mol. The van der Waals surface area contributed by atoms with E-state index in [-0.39, 0.29) is 24.5 Å². The van der Waals surface area contributed by atoms with Gasteiger partial charge in [0.15, 0.2) is 12.2 Å². The van der Waals surface area contributed by atoms with Gasteiger partial charge in [-0.1, -0.05) is 55.2 Å². The van der Waals surface area contributed by atoms with E-state index in [9.17, 15) is 9.59 Å². The number of hydrogen-bond acceptors (Lipinski definition) is 5. The standard InChI is InChI=1S/C30H30Cl2N2O5/c1-17(2)24-12-19(23-10-6-20(31)13-25(23)32)15-38-29(24)18-4-8-22(9-5-18)37-16-28(35)33-21-7-11-26-27(14-21)39-30(36)34(26)3/h4-11,13-14,17,19,24,29H,12,15-16H2,1-3H3,(H,33,35)/t19-,24-,29-/m0/s1. The third kappa shape index (κ3) is 6.01. The van der Waals surface area contributed by atoms with Gasteiger partial charge in [0.1, 0.15) is 5.75 Å². The van der Waals surface area contributed by atoms with Gasteiger partial charge in [0, 0.05) is 34.8 Å². The largest absolute Gasteiger partial charge is 0.484 e. The van der Waals surface area contributed by atoms with Gasteiger partial charge in [-0.2, -0.15) is 0 Å². The number of hydrogen-bond donors (Lipinski definition) is 1. The molecule has 7 nitrogen and oxygen atoms in total. The molecule has 4 aromatic rings. The first-order chi connectivity index (χ1) is 18.7. The van der Waals surface area contributed by atoms with Crippen molar-refractivity contribution in [3.05, 3.63) is 92.4 Å². The summed E-state index contributed by atoms with van der Waals surface area (Å²) in [5.41, 5.74) is 3.72. The number of halogens is 2. The number of benzene rings is 3. The second-order valence-electron chi connectivity index (χ2n) is 10.3. The van der Waals surface area contributed by atoms with Gasteiger partial charge in [0.25, 0.3) is 5.91 Å². The minimum absolute atomic E-state index is 0.0439. The monoisotopic (exact) mass is 568 g/mol. The summed E-state index contributed by atoms with van der Waals surface area (Å²) in [6.07, 6.45) is 0.915. The average molecular weight is 569 g/mol. The van der Waals surface area contributed by atoms with Crippen LogP contribution >= 0.6 is 23.2 Å². The first kappa shape index (κ1) is 27.3. The molecule has 2 heterocycles. The van der Waals surface area contributed by atoms with Crippen LogP contribution in [0.25, 0.3) is 11.1 Å². The van der Waals surface area contributed by atoms with Crippen LogP contribution in [0.3, 0.4) is 0 Å². The second-order valence-corrected chi connectivity index (χ2v) is 11.1. The third-order valence-corrected chi connectivity index (χ3v) is 7.90.